The van der Waals surface area contributed by atoms with Gasteiger partial charge in [-0.2, -0.15) is 0 Å². The van der Waals surface area contributed by atoms with Crippen molar-refractivity contribution < 1.29 is 4.42 Å². The molecule has 12 aromatic rings. The third-order valence-corrected chi connectivity index (χ3v) is 11.0. The molecular formula is C50H30N6O. The Morgan fingerprint density at radius 1 is 0.386 bits per heavy atom. The van der Waals surface area contributed by atoms with Crippen molar-refractivity contribution in [3.05, 3.63) is 182 Å². The summed E-state index contributed by atoms with van der Waals surface area (Å²) < 4.78 is 11.1. The van der Waals surface area contributed by atoms with E-state index in [1.54, 1.807) is 0 Å². The third kappa shape index (κ3) is 4.86. The predicted octanol–water partition coefficient (Wildman–Crippen LogP) is 12.4. The Balaban J connectivity index is 1.09. The molecule has 0 spiro atoms. The first-order valence-electron chi connectivity index (χ1n) is 19.0. The first-order valence-corrected chi connectivity index (χ1v) is 19.0. The lowest BCUT2D eigenvalue weighted by Crippen LogP contribution is -2.00. The summed E-state index contributed by atoms with van der Waals surface area (Å²) in [6.07, 6.45) is 1.87. The number of aromatic nitrogens is 6. The minimum atomic E-state index is 0.555. The summed E-state index contributed by atoms with van der Waals surface area (Å²) in [5.74, 6) is 1.74. The minimum absolute atomic E-state index is 0.555. The van der Waals surface area contributed by atoms with E-state index in [1.165, 1.54) is 5.39 Å². The number of para-hydroxylation sites is 4. The van der Waals surface area contributed by atoms with Crippen LogP contribution in [0.5, 0.6) is 0 Å². The van der Waals surface area contributed by atoms with Gasteiger partial charge in [0.25, 0.3) is 0 Å². The van der Waals surface area contributed by atoms with Crippen molar-refractivity contribution in [1.29, 1.82) is 0 Å². The van der Waals surface area contributed by atoms with E-state index in [2.05, 4.69) is 118 Å². The normalized spacial score (nSPS) is 11.9. The Morgan fingerprint density at radius 3 is 1.95 bits per heavy atom. The van der Waals surface area contributed by atoms with Crippen molar-refractivity contribution >= 4 is 65.7 Å². The first-order chi connectivity index (χ1) is 28.3. The molecule has 0 saturated carbocycles. The van der Waals surface area contributed by atoms with E-state index >= 15 is 0 Å². The van der Waals surface area contributed by atoms with E-state index in [4.69, 9.17) is 24.4 Å². The average molecular weight is 731 g/mol. The lowest BCUT2D eigenvalue weighted by molar-refractivity contribution is 0.669. The van der Waals surface area contributed by atoms with Crippen molar-refractivity contribution in [3.8, 4) is 45.5 Å². The van der Waals surface area contributed by atoms with Gasteiger partial charge in [0.15, 0.2) is 17.5 Å². The number of hydrogen-bond donors (Lipinski definition) is 0. The van der Waals surface area contributed by atoms with Crippen LogP contribution < -0.4 is 0 Å². The van der Waals surface area contributed by atoms with Gasteiger partial charge in [0.05, 0.1) is 22.1 Å². The van der Waals surface area contributed by atoms with E-state index in [0.717, 1.165) is 88.4 Å². The van der Waals surface area contributed by atoms with E-state index in [-0.39, 0.29) is 0 Å². The van der Waals surface area contributed by atoms with Crippen LogP contribution in [-0.2, 0) is 0 Å². The van der Waals surface area contributed by atoms with Crippen LogP contribution in [0.4, 0.5) is 0 Å². The molecule has 12 rings (SSSR count). The van der Waals surface area contributed by atoms with Crippen LogP contribution >= 0.6 is 0 Å². The van der Waals surface area contributed by atoms with Gasteiger partial charge in [0.1, 0.15) is 16.8 Å². The van der Waals surface area contributed by atoms with Crippen LogP contribution in [0.15, 0.2) is 187 Å². The molecular weight excluding hydrogens is 701 g/mol. The third-order valence-electron chi connectivity index (χ3n) is 11.0. The largest absolute Gasteiger partial charge is 0.455 e. The van der Waals surface area contributed by atoms with Crippen LogP contribution in [0, 0.1) is 0 Å². The summed E-state index contributed by atoms with van der Waals surface area (Å²) in [5.41, 5.74) is 10.6. The first kappa shape index (κ1) is 31.5. The molecule has 0 aliphatic carbocycles. The SMILES string of the molecule is c1ccc(-c2nc(-c3ccc4c(c3)c3ccc(-n5c6ccccc6c6cccnc65)cc3n4-c3ccccc3)nc(-c3cccc4c3oc3ccccc34)n2)cc1. The van der Waals surface area contributed by atoms with Crippen molar-refractivity contribution in [1.82, 2.24) is 29.1 Å². The zero-order chi connectivity index (χ0) is 37.5. The standard InChI is InChI=1S/C50H30N6O/c1-3-13-31(14-4-1)47-52-48(54-49(53-47)40-20-11-19-38-37-18-8-10-23-45(37)57-46(38)40)32-24-27-43-41(29-32)36-26-25-34(30-44(36)55(43)33-15-5-2-6-16-33)56-42-22-9-7-17-35(42)39-21-12-28-51-50(39)56/h1-30H. The molecule has 0 bridgehead atoms. The molecule has 7 heteroatoms. The maximum atomic E-state index is 6.45. The fraction of sp³-hybridized carbons (Fsp3) is 0. The summed E-state index contributed by atoms with van der Waals surface area (Å²) in [5, 5.41) is 6.61. The van der Waals surface area contributed by atoms with E-state index in [1.807, 2.05) is 72.9 Å². The highest BCUT2D eigenvalue weighted by Crippen LogP contribution is 2.39. The molecule has 5 aromatic heterocycles. The quantitative estimate of drug-likeness (QED) is 0.176. The van der Waals surface area contributed by atoms with Crippen molar-refractivity contribution in [2.75, 3.05) is 0 Å². The van der Waals surface area contributed by atoms with Gasteiger partial charge in [0, 0.05) is 61.0 Å². The molecule has 266 valence electrons. The molecule has 0 aliphatic heterocycles. The number of nitrogens with zero attached hydrogens (tertiary/aromatic N) is 6. The Bertz CT molecular complexity index is 3470. The lowest BCUT2D eigenvalue weighted by atomic mass is 10.1. The molecule has 0 N–H and O–H groups in total. The van der Waals surface area contributed by atoms with Crippen molar-refractivity contribution in [2.24, 2.45) is 0 Å². The molecule has 7 nitrogen and oxygen atoms in total. The van der Waals surface area contributed by atoms with Crippen LogP contribution in [0.3, 0.4) is 0 Å². The fourth-order valence-electron chi connectivity index (χ4n) is 8.47. The number of pyridine rings is 1. The predicted molar refractivity (Wildman–Crippen MR) is 230 cm³/mol. The number of fused-ring (bicyclic) bond motifs is 9. The van der Waals surface area contributed by atoms with Gasteiger partial charge in [0.2, 0.25) is 0 Å². The van der Waals surface area contributed by atoms with Crippen LogP contribution in [0.2, 0.25) is 0 Å². The zero-order valence-electron chi connectivity index (χ0n) is 30.4. The molecule has 0 saturated heterocycles. The topological polar surface area (TPSA) is 74.6 Å². The molecule has 0 atom stereocenters. The molecule has 7 aromatic carbocycles. The second-order valence-electron chi connectivity index (χ2n) is 14.3. The van der Waals surface area contributed by atoms with Crippen LogP contribution in [-0.4, -0.2) is 29.1 Å². The molecule has 5 heterocycles. The summed E-state index contributed by atoms with van der Waals surface area (Å²) in [4.78, 5) is 20.2. The summed E-state index contributed by atoms with van der Waals surface area (Å²) in [7, 11) is 0. The highest BCUT2D eigenvalue weighted by atomic mass is 16.3. The van der Waals surface area contributed by atoms with Gasteiger partial charge in [-0.05, 0) is 72.8 Å². The van der Waals surface area contributed by atoms with Crippen molar-refractivity contribution in [2.45, 2.75) is 0 Å². The number of hydrogen-bond acceptors (Lipinski definition) is 5. The summed E-state index contributed by atoms with van der Waals surface area (Å²) in [6, 6.07) is 60.8. The van der Waals surface area contributed by atoms with Gasteiger partial charge in [-0.3, -0.25) is 4.57 Å². The van der Waals surface area contributed by atoms with Crippen LogP contribution in [0.1, 0.15) is 0 Å². The van der Waals surface area contributed by atoms with Gasteiger partial charge in [-0.25, -0.2) is 19.9 Å². The Kier molecular flexibility index (Phi) is 6.79. The second-order valence-corrected chi connectivity index (χ2v) is 14.3. The van der Waals surface area contributed by atoms with Gasteiger partial charge in [-0.15, -0.1) is 0 Å². The highest BCUT2D eigenvalue weighted by Gasteiger charge is 2.21. The molecule has 0 aliphatic rings. The summed E-state index contributed by atoms with van der Waals surface area (Å²) >= 11 is 0. The molecule has 0 unspecified atom stereocenters. The Labute approximate surface area is 325 Å². The average Bonchev–Trinajstić information content (AvgIpc) is 3.94. The maximum absolute atomic E-state index is 6.45. The Hall–Kier alpha value is -7.90. The highest BCUT2D eigenvalue weighted by molar-refractivity contribution is 6.12. The molecule has 57 heavy (non-hydrogen) atoms. The number of rotatable bonds is 5. The van der Waals surface area contributed by atoms with Gasteiger partial charge >= 0.3 is 0 Å². The zero-order valence-corrected chi connectivity index (χ0v) is 30.4. The second kappa shape index (κ2) is 12.3. The van der Waals surface area contributed by atoms with E-state index in [9.17, 15) is 0 Å². The minimum Gasteiger partial charge on any atom is -0.455 e. The van der Waals surface area contributed by atoms with Gasteiger partial charge < -0.3 is 8.98 Å². The molecule has 0 fully saturated rings. The summed E-state index contributed by atoms with van der Waals surface area (Å²) in [6.45, 7) is 0. The van der Waals surface area contributed by atoms with E-state index < -0.39 is 0 Å². The maximum Gasteiger partial charge on any atom is 0.167 e. The lowest BCUT2D eigenvalue weighted by Gasteiger charge is -2.11. The molecule has 0 amide bonds. The number of furan rings is 1. The number of benzene rings is 7. The smallest absolute Gasteiger partial charge is 0.167 e. The molecule has 0 radical (unpaired) electrons. The van der Waals surface area contributed by atoms with Gasteiger partial charge in [-0.1, -0.05) is 103 Å². The Morgan fingerprint density at radius 2 is 1.07 bits per heavy atom. The van der Waals surface area contributed by atoms with Crippen LogP contribution in [0.25, 0.3) is 111 Å². The fourth-order valence-corrected chi connectivity index (χ4v) is 8.47. The van der Waals surface area contributed by atoms with E-state index in [0.29, 0.717) is 17.5 Å². The van der Waals surface area contributed by atoms with Crippen molar-refractivity contribution in [3.63, 3.8) is 0 Å². The monoisotopic (exact) mass is 730 g/mol.